The molecule has 0 saturated heterocycles. The fourth-order valence-corrected chi connectivity index (χ4v) is 2.31. The Morgan fingerprint density at radius 3 is 2.68 bits per heavy atom. The molecule has 1 N–H and O–H groups in total. The number of aliphatic carboxylic acids is 1. The minimum atomic E-state index is -1.05. The van der Waals surface area contributed by atoms with Gasteiger partial charge in [0.1, 0.15) is 11.8 Å². The summed E-state index contributed by atoms with van der Waals surface area (Å²) >= 11 is 0. The van der Waals surface area contributed by atoms with Crippen molar-refractivity contribution >= 4 is 11.9 Å². The first kappa shape index (κ1) is 16.0. The highest BCUT2D eigenvalue weighted by atomic mass is 19.1. The number of hydrogen-bond donors (Lipinski definition) is 1. The number of benzene rings is 1. The summed E-state index contributed by atoms with van der Waals surface area (Å²) in [4.78, 5) is 24.6. The molecule has 118 valence electrons. The van der Waals surface area contributed by atoms with Gasteiger partial charge in [-0.1, -0.05) is 26.0 Å². The Morgan fingerprint density at radius 2 is 2.09 bits per heavy atom. The highest BCUT2D eigenvalue weighted by molar-refractivity contribution is 5.94. The van der Waals surface area contributed by atoms with Crippen LogP contribution in [0.1, 0.15) is 20.3 Å². The average molecular weight is 307 g/mol. The first-order chi connectivity index (χ1) is 10.4. The van der Waals surface area contributed by atoms with Crippen LogP contribution in [0.4, 0.5) is 4.39 Å². The van der Waals surface area contributed by atoms with Crippen molar-refractivity contribution in [3.05, 3.63) is 41.9 Å². The standard InChI is InChI=1S/C16H18FNO4/c1-10(2)7-13(16(20)21)18-9-11(8-15(18)19)22-14-6-4-3-5-12(14)17/h3-6,8,10,13H,7,9H2,1-2H3,(H,20,21). The minimum Gasteiger partial charge on any atom is -0.480 e. The van der Waals surface area contributed by atoms with Crippen molar-refractivity contribution in [2.24, 2.45) is 5.92 Å². The number of carboxylic acids is 1. The Bertz CT molecular complexity index is 612. The molecule has 2 rings (SSSR count). The van der Waals surface area contributed by atoms with Crippen molar-refractivity contribution in [1.29, 1.82) is 0 Å². The fraction of sp³-hybridized carbons (Fsp3) is 0.375. The number of amides is 1. The number of carboxylic acid groups (broad SMARTS) is 1. The van der Waals surface area contributed by atoms with Crippen LogP contribution < -0.4 is 4.74 Å². The SMILES string of the molecule is CC(C)CC(C(=O)O)N1CC(Oc2ccccc2F)=CC1=O. The van der Waals surface area contributed by atoms with Crippen molar-refractivity contribution < 1.29 is 23.8 Å². The third-order valence-corrected chi connectivity index (χ3v) is 3.33. The zero-order valence-electron chi connectivity index (χ0n) is 12.5. The maximum atomic E-state index is 13.6. The van der Waals surface area contributed by atoms with Crippen LogP contribution in [0, 0.1) is 11.7 Å². The Labute approximate surface area is 128 Å². The summed E-state index contributed by atoms with van der Waals surface area (Å²) in [5.41, 5.74) is 0. The van der Waals surface area contributed by atoms with Crippen LogP contribution in [0.25, 0.3) is 0 Å². The largest absolute Gasteiger partial charge is 0.480 e. The van der Waals surface area contributed by atoms with E-state index in [0.717, 1.165) is 0 Å². The van der Waals surface area contributed by atoms with Gasteiger partial charge in [-0.25, -0.2) is 9.18 Å². The summed E-state index contributed by atoms with van der Waals surface area (Å²) in [6.07, 6.45) is 1.56. The van der Waals surface area contributed by atoms with Gasteiger partial charge in [0, 0.05) is 6.08 Å². The number of hydrogen-bond acceptors (Lipinski definition) is 3. The van der Waals surface area contributed by atoms with E-state index in [4.69, 9.17) is 4.74 Å². The molecule has 0 radical (unpaired) electrons. The Morgan fingerprint density at radius 1 is 1.41 bits per heavy atom. The number of carbonyl (C=O) groups is 2. The van der Waals surface area contributed by atoms with Crippen LogP contribution in [0.3, 0.4) is 0 Å². The lowest BCUT2D eigenvalue weighted by Gasteiger charge is -2.25. The molecule has 22 heavy (non-hydrogen) atoms. The smallest absolute Gasteiger partial charge is 0.326 e. The van der Waals surface area contributed by atoms with E-state index >= 15 is 0 Å². The van der Waals surface area contributed by atoms with Crippen LogP contribution >= 0.6 is 0 Å². The van der Waals surface area contributed by atoms with Crippen molar-refractivity contribution in [1.82, 2.24) is 4.90 Å². The molecule has 0 spiro atoms. The Balaban J connectivity index is 2.10. The van der Waals surface area contributed by atoms with Crippen molar-refractivity contribution in [3.8, 4) is 5.75 Å². The van der Waals surface area contributed by atoms with Gasteiger partial charge in [0.05, 0.1) is 6.54 Å². The van der Waals surface area contributed by atoms with Crippen LogP contribution in [-0.4, -0.2) is 34.5 Å². The molecule has 1 heterocycles. The van der Waals surface area contributed by atoms with Gasteiger partial charge in [-0.3, -0.25) is 4.79 Å². The number of halogens is 1. The van der Waals surface area contributed by atoms with Gasteiger partial charge in [-0.15, -0.1) is 0 Å². The molecule has 1 aliphatic heterocycles. The third-order valence-electron chi connectivity index (χ3n) is 3.33. The molecular weight excluding hydrogens is 289 g/mol. The van der Waals surface area contributed by atoms with Crippen LogP contribution in [-0.2, 0) is 9.59 Å². The maximum Gasteiger partial charge on any atom is 0.326 e. The summed E-state index contributed by atoms with van der Waals surface area (Å²) in [5.74, 6) is -1.64. The molecule has 1 aromatic carbocycles. The Kier molecular flexibility index (Phi) is 4.80. The van der Waals surface area contributed by atoms with Crippen molar-refractivity contribution in [3.63, 3.8) is 0 Å². The lowest BCUT2D eigenvalue weighted by Crippen LogP contribution is -2.43. The predicted octanol–water partition coefficient (Wildman–Crippen LogP) is 2.43. The molecule has 0 aliphatic carbocycles. The quantitative estimate of drug-likeness (QED) is 0.876. The first-order valence-electron chi connectivity index (χ1n) is 7.05. The number of ether oxygens (including phenoxy) is 1. The van der Waals surface area contributed by atoms with E-state index in [1.54, 1.807) is 6.07 Å². The molecule has 1 aliphatic rings. The summed E-state index contributed by atoms with van der Waals surface area (Å²) in [5, 5.41) is 9.30. The van der Waals surface area contributed by atoms with Gasteiger partial charge < -0.3 is 14.7 Å². The molecule has 0 fully saturated rings. The second-order valence-corrected chi connectivity index (χ2v) is 5.59. The Hall–Kier alpha value is -2.37. The highest BCUT2D eigenvalue weighted by Gasteiger charge is 2.34. The second kappa shape index (κ2) is 6.60. The summed E-state index contributed by atoms with van der Waals surface area (Å²) in [7, 11) is 0. The maximum absolute atomic E-state index is 13.6. The topological polar surface area (TPSA) is 66.8 Å². The number of rotatable bonds is 6. The van der Waals surface area contributed by atoms with Gasteiger partial charge >= 0.3 is 5.97 Å². The molecule has 1 atom stereocenters. The van der Waals surface area contributed by atoms with Gasteiger partial charge in [0.15, 0.2) is 11.6 Å². The van der Waals surface area contributed by atoms with Gasteiger partial charge in [-0.05, 0) is 24.5 Å². The second-order valence-electron chi connectivity index (χ2n) is 5.59. The van der Waals surface area contributed by atoms with E-state index < -0.39 is 23.7 Å². The number of para-hydroxylation sites is 1. The molecule has 1 aromatic rings. The van der Waals surface area contributed by atoms with Crippen molar-refractivity contribution in [2.45, 2.75) is 26.3 Å². The molecular formula is C16H18FNO4. The van der Waals surface area contributed by atoms with Gasteiger partial charge in [0.25, 0.3) is 5.91 Å². The molecule has 0 aromatic heterocycles. The monoisotopic (exact) mass is 307 g/mol. The summed E-state index contributed by atoms with van der Waals surface area (Å²) in [6, 6.07) is 4.94. The van der Waals surface area contributed by atoms with Gasteiger partial charge in [-0.2, -0.15) is 0 Å². The summed E-state index contributed by atoms with van der Waals surface area (Å²) < 4.78 is 18.9. The average Bonchev–Trinajstić information content (AvgIpc) is 2.79. The minimum absolute atomic E-state index is 0.0131. The molecule has 1 amide bonds. The van der Waals surface area contributed by atoms with E-state index in [1.165, 1.54) is 29.2 Å². The van der Waals surface area contributed by atoms with Gasteiger partial charge in [0.2, 0.25) is 0 Å². The molecule has 0 saturated carbocycles. The number of carbonyl (C=O) groups excluding carboxylic acids is 1. The zero-order chi connectivity index (χ0) is 16.3. The predicted molar refractivity (Wildman–Crippen MR) is 77.7 cm³/mol. The highest BCUT2D eigenvalue weighted by Crippen LogP contribution is 2.24. The van der Waals surface area contributed by atoms with E-state index in [-0.39, 0.29) is 24.0 Å². The van der Waals surface area contributed by atoms with Crippen LogP contribution in [0.2, 0.25) is 0 Å². The first-order valence-corrected chi connectivity index (χ1v) is 7.05. The summed E-state index contributed by atoms with van der Waals surface area (Å²) in [6.45, 7) is 3.80. The zero-order valence-corrected chi connectivity index (χ0v) is 12.5. The normalized spacial score (nSPS) is 15.9. The molecule has 6 heteroatoms. The fourth-order valence-electron chi connectivity index (χ4n) is 2.31. The van der Waals surface area contributed by atoms with E-state index in [1.807, 2.05) is 13.8 Å². The van der Waals surface area contributed by atoms with Crippen molar-refractivity contribution in [2.75, 3.05) is 6.54 Å². The lowest BCUT2D eigenvalue weighted by atomic mass is 10.0. The molecule has 5 nitrogen and oxygen atoms in total. The van der Waals surface area contributed by atoms with E-state index in [0.29, 0.717) is 6.42 Å². The van der Waals surface area contributed by atoms with E-state index in [9.17, 15) is 19.1 Å². The van der Waals surface area contributed by atoms with Crippen LogP contribution in [0.15, 0.2) is 36.1 Å². The third kappa shape index (κ3) is 3.63. The molecule has 0 bridgehead atoms. The number of nitrogens with zero attached hydrogens (tertiary/aromatic N) is 1. The lowest BCUT2D eigenvalue weighted by molar-refractivity contribution is -0.148. The van der Waals surface area contributed by atoms with E-state index in [2.05, 4.69) is 0 Å². The molecule has 1 unspecified atom stereocenters. The van der Waals surface area contributed by atoms with Crippen LogP contribution in [0.5, 0.6) is 5.75 Å².